The molecule has 4 nitrogen and oxygen atoms in total. The Balaban J connectivity index is 1.01. The van der Waals surface area contributed by atoms with Gasteiger partial charge in [-0.25, -0.2) is 9.97 Å². The van der Waals surface area contributed by atoms with Crippen LogP contribution in [0, 0.1) is 17.8 Å². The predicted molar refractivity (Wildman–Crippen MR) is 228 cm³/mol. The van der Waals surface area contributed by atoms with E-state index in [0.29, 0.717) is 5.41 Å². The number of pyridine rings is 1. The average molecular weight is 724 g/mol. The predicted octanol–water partition coefficient (Wildman–Crippen LogP) is 13.5. The van der Waals surface area contributed by atoms with Crippen LogP contribution in [0.4, 0.5) is 0 Å². The molecule has 4 heteroatoms. The molecule has 0 aliphatic heterocycles. The molecule has 3 heterocycles. The van der Waals surface area contributed by atoms with Crippen LogP contribution in [0.25, 0.3) is 83.4 Å². The second-order valence-electron chi connectivity index (χ2n) is 16.9. The lowest BCUT2D eigenvalue weighted by Gasteiger charge is -2.57. The van der Waals surface area contributed by atoms with Crippen molar-refractivity contribution in [2.24, 2.45) is 17.8 Å². The molecule has 6 aromatic carbocycles. The van der Waals surface area contributed by atoms with Crippen molar-refractivity contribution in [3.05, 3.63) is 164 Å². The molecule has 0 N–H and O–H groups in total. The third-order valence-corrected chi connectivity index (χ3v) is 13.5. The van der Waals surface area contributed by atoms with E-state index in [1.165, 1.54) is 66.0 Å². The summed E-state index contributed by atoms with van der Waals surface area (Å²) < 4.78 is 8.76. The van der Waals surface area contributed by atoms with Gasteiger partial charge in [-0.1, -0.05) is 109 Å². The van der Waals surface area contributed by atoms with Crippen molar-refractivity contribution in [1.29, 1.82) is 0 Å². The van der Waals surface area contributed by atoms with E-state index in [9.17, 15) is 0 Å². The Hall–Kier alpha value is -6.26. The van der Waals surface area contributed by atoms with Gasteiger partial charge in [0, 0.05) is 38.7 Å². The maximum Gasteiger partial charge on any atom is 0.182 e. The number of para-hydroxylation sites is 1. The highest BCUT2D eigenvalue weighted by Crippen LogP contribution is 2.61. The zero-order valence-corrected chi connectivity index (χ0v) is 31.2. The van der Waals surface area contributed by atoms with E-state index >= 15 is 0 Å². The minimum absolute atomic E-state index is 0.338. The molecule has 0 atom stereocenters. The lowest BCUT2D eigenvalue weighted by Crippen LogP contribution is -2.48. The van der Waals surface area contributed by atoms with E-state index in [2.05, 4.69) is 144 Å². The van der Waals surface area contributed by atoms with E-state index in [4.69, 9.17) is 14.4 Å². The quantitative estimate of drug-likeness (QED) is 0.172. The lowest BCUT2D eigenvalue weighted by atomic mass is 9.48. The number of benzene rings is 6. The van der Waals surface area contributed by atoms with Crippen LogP contribution in [0.5, 0.6) is 0 Å². The van der Waals surface area contributed by atoms with Crippen molar-refractivity contribution in [3.8, 4) is 50.5 Å². The molecule has 13 rings (SSSR count). The van der Waals surface area contributed by atoms with Gasteiger partial charge in [-0.3, -0.25) is 0 Å². The summed E-state index contributed by atoms with van der Waals surface area (Å²) >= 11 is 0. The molecule has 0 saturated heterocycles. The zero-order chi connectivity index (χ0) is 36.8. The average Bonchev–Trinajstić information content (AvgIpc) is 3.87. The highest BCUT2D eigenvalue weighted by atomic mass is 16.3. The number of hydrogen-bond donors (Lipinski definition) is 0. The Morgan fingerprint density at radius 1 is 0.518 bits per heavy atom. The van der Waals surface area contributed by atoms with Crippen molar-refractivity contribution in [3.63, 3.8) is 0 Å². The number of hydrogen-bond acceptors (Lipinski definition) is 3. The maximum absolute atomic E-state index is 6.26. The Labute approximate surface area is 326 Å². The number of fused-ring (bicyclic) bond motifs is 4. The molecule has 270 valence electrons. The van der Waals surface area contributed by atoms with E-state index in [1.807, 2.05) is 12.1 Å². The molecule has 0 unspecified atom stereocenters. The minimum Gasteiger partial charge on any atom is -0.443 e. The Kier molecular flexibility index (Phi) is 7.08. The van der Waals surface area contributed by atoms with Crippen LogP contribution >= 0.6 is 0 Å². The van der Waals surface area contributed by atoms with Crippen molar-refractivity contribution in [1.82, 2.24) is 14.5 Å². The summed E-state index contributed by atoms with van der Waals surface area (Å²) in [6, 6.07) is 54.9. The fraction of sp³-hybridized carbons (Fsp3) is 0.192. The standard InChI is InChI=1S/C52H41N3O/c1-4-10-36(11-5-1)46-25-39(26-47(54-46)37-12-6-2-7-13-37)43-21-20-42(50-51(43)56-32-53-50)38-16-18-44-45-19-17-40(52-29-33-22-34(30-52)24-35(23-33)31-52)28-49(45)55(48(44)27-38)41-14-8-3-9-15-41/h1-21,25-28,32-35H,22-24,29-31H2. The first-order chi connectivity index (χ1) is 27.7. The summed E-state index contributed by atoms with van der Waals surface area (Å²) in [6.45, 7) is 0. The third kappa shape index (κ3) is 5.05. The van der Waals surface area contributed by atoms with Gasteiger partial charge in [0.2, 0.25) is 0 Å². The molecule has 0 spiro atoms. The summed E-state index contributed by atoms with van der Waals surface area (Å²) in [6.07, 6.45) is 10.1. The van der Waals surface area contributed by atoms with Crippen LogP contribution in [0.1, 0.15) is 44.1 Å². The largest absolute Gasteiger partial charge is 0.443 e. The van der Waals surface area contributed by atoms with Crippen LogP contribution in [-0.4, -0.2) is 14.5 Å². The molecule has 0 radical (unpaired) electrons. The normalized spacial score (nSPS) is 21.4. The fourth-order valence-electron chi connectivity index (χ4n) is 11.4. The molecule has 4 fully saturated rings. The van der Waals surface area contributed by atoms with Crippen LogP contribution in [0.3, 0.4) is 0 Å². The molecule has 4 saturated carbocycles. The first-order valence-electron chi connectivity index (χ1n) is 20.3. The van der Waals surface area contributed by atoms with Gasteiger partial charge in [0.1, 0.15) is 5.52 Å². The van der Waals surface area contributed by atoms with Crippen LogP contribution in [-0.2, 0) is 5.41 Å². The molecule has 4 aliphatic carbocycles. The summed E-state index contributed by atoms with van der Waals surface area (Å²) in [7, 11) is 0. The van der Waals surface area contributed by atoms with E-state index in [1.54, 1.807) is 12.0 Å². The van der Waals surface area contributed by atoms with Gasteiger partial charge in [-0.15, -0.1) is 0 Å². The summed E-state index contributed by atoms with van der Waals surface area (Å²) in [5.41, 5.74) is 15.4. The minimum atomic E-state index is 0.338. The number of aromatic nitrogens is 3. The molecule has 4 aliphatic rings. The number of rotatable bonds is 6. The van der Waals surface area contributed by atoms with Gasteiger partial charge in [0.25, 0.3) is 0 Å². The Bertz CT molecular complexity index is 2850. The highest BCUT2D eigenvalue weighted by Gasteiger charge is 2.51. The van der Waals surface area contributed by atoms with Crippen LogP contribution in [0.15, 0.2) is 162 Å². The first-order valence-corrected chi connectivity index (χ1v) is 20.3. The second-order valence-corrected chi connectivity index (χ2v) is 16.9. The van der Waals surface area contributed by atoms with E-state index < -0.39 is 0 Å². The molecule has 4 bridgehead atoms. The van der Waals surface area contributed by atoms with Gasteiger partial charge < -0.3 is 8.98 Å². The smallest absolute Gasteiger partial charge is 0.182 e. The van der Waals surface area contributed by atoms with Gasteiger partial charge in [-0.05, 0) is 121 Å². The number of oxazole rings is 1. The lowest BCUT2D eigenvalue weighted by molar-refractivity contribution is -0.00513. The van der Waals surface area contributed by atoms with Crippen LogP contribution < -0.4 is 0 Å². The number of nitrogens with zero attached hydrogens (tertiary/aromatic N) is 3. The van der Waals surface area contributed by atoms with Crippen molar-refractivity contribution >= 4 is 32.9 Å². The van der Waals surface area contributed by atoms with Crippen molar-refractivity contribution in [2.45, 2.75) is 43.9 Å². The fourth-order valence-corrected chi connectivity index (χ4v) is 11.4. The summed E-state index contributed by atoms with van der Waals surface area (Å²) in [5.74, 6) is 2.74. The van der Waals surface area contributed by atoms with Gasteiger partial charge in [0.05, 0.1) is 22.4 Å². The SMILES string of the molecule is c1ccc(-c2cc(-c3ccc(-c4ccc5c6ccc(C78CC9CC(CC(C9)C7)C8)cc6n(-c6ccccc6)c5c4)c4ncoc34)cc(-c3ccccc3)n2)cc1. The van der Waals surface area contributed by atoms with Gasteiger partial charge in [0.15, 0.2) is 12.0 Å². The van der Waals surface area contributed by atoms with Crippen molar-refractivity contribution in [2.75, 3.05) is 0 Å². The molecule has 56 heavy (non-hydrogen) atoms. The van der Waals surface area contributed by atoms with Crippen LogP contribution in [0.2, 0.25) is 0 Å². The highest BCUT2D eigenvalue weighted by molar-refractivity contribution is 6.11. The van der Waals surface area contributed by atoms with Gasteiger partial charge in [-0.2, -0.15) is 0 Å². The van der Waals surface area contributed by atoms with E-state index in [-0.39, 0.29) is 0 Å². The molecular weight excluding hydrogens is 683 g/mol. The molecule has 3 aromatic heterocycles. The van der Waals surface area contributed by atoms with Crippen molar-refractivity contribution < 1.29 is 4.42 Å². The Morgan fingerprint density at radius 3 is 1.73 bits per heavy atom. The third-order valence-electron chi connectivity index (χ3n) is 13.5. The topological polar surface area (TPSA) is 43.9 Å². The molecule has 9 aromatic rings. The first kappa shape index (κ1) is 32.0. The monoisotopic (exact) mass is 723 g/mol. The summed E-state index contributed by atoms with van der Waals surface area (Å²) in [5, 5.41) is 2.59. The van der Waals surface area contributed by atoms with E-state index in [0.717, 1.165) is 73.6 Å². The second kappa shape index (κ2) is 12.4. The Morgan fingerprint density at radius 2 is 1.09 bits per heavy atom. The molecular formula is C52H41N3O. The zero-order valence-electron chi connectivity index (χ0n) is 31.2. The summed E-state index contributed by atoms with van der Waals surface area (Å²) in [4.78, 5) is 9.97. The maximum atomic E-state index is 6.26. The molecule has 0 amide bonds. The van der Waals surface area contributed by atoms with Gasteiger partial charge >= 0.3 is 0 Å².